The van der Waals surface area contributed by atoms with Crippen LogP contribution in [-0.2, 0) is 0 Å². The molecule has 4 nitrogen and oxygen atoms in total. The molecular formula is C30H30N4S. The molecule has 1 fully saturated rings. The first-order chi connectivity index (χ1) is 17.3. The highest BCUT2D eigenvalue weighted by molar-refractivity contribution is 7.98. The molecular weight excluding hydrogens is 448 g/mol. The SMILES string of the molecule is CSc1ccc(/C=C/c2ccc3c(NCCN4CCCC4)c4[nH]c5ccccc5c4nc3c2)cc1. The number of fused-ring (bicyclic) bond motifs is 4. The molecule has 0 aliphatic carbocycles. The molecule has 5 aromatic rings. The summed E-state index contributed by atoms with van der Waals surface area (Å²) in [6.45, 7) is 4.44. The molecule has 0 atom stereocenters. The van der Waals surface area contributed by atoms with Crippen LogP contribution in [0.2, 0.25) is 0 Å². The van der Waals surface area contributed by atoms with Gasteiger partial charge < -0.3 is 15.2 Å². The van der Waals surface area contributed by atoms with E-state index < -0.39 is 0 Å². The Hall–Kier alpha value is -3.28. The van der Waals surface area contributed by atoms with Crippen molar-refractivity contribution in [2.24, 2.45) is 0 Å². The molecule has 3 heterocycles. The first kappa shape index (κ1) is 22.2. The van der Waals surface area contributed by atoms with Crippen LogP contribution >= 0.6 is 11.8 Å². The number of nitrogens with zero attached hydrogens (tertiary/aromatic N) is 2. The number of benzene rings is 3. The standard InChI is InChI=1S/C30H30N4S/c1-35-23-13-10-21(11-14-23)8-9-22-12-15-25-27(20-22)33-29-24-6-2-3-7-26(24)32-30(29)28(25)31-16-19-34-17-4-5-18-34/h2-3,6-15,20,32H,4-5,16-19H2,1H3,(H,31,33)/b9-8+. The minimum absolute atomic E-state index is 0.928. The predicted molar refractivity (Wildman–Crippen MR) is 152 cm³/mol. The van der Waals surface area contributed by atoms with E-state index in [1.54, 1.807) is 11.8 Å². The Bertz CT molecular complexity index is 1510. The van der Waals surface area contributed by atoms with Gasteiger partial charge in [0.1, 0.15) is 0 Å². The van der Waals surface area contributed by atoms with Gasteiger partial charge in [-0.15, -0.1) is 11.8 Å². The smallest absolute Gasteiger partial charge is 0.0986 e. The van der Waals surface area contributed by atoms with Crippen molar-refractivity contribution in [3.05, 3.63) is 77.9 Å². The lowest BCUT2D eigenvalue weighted by atomic mass is 10.1. The van der Waals surface area contributed by atoms with Gasteiger partial charge in [0.05, 0.1) is 22.2 Å². The number of H-pyrrole nitrogens is 1. The number of aromatic amines is 1. The highest BCUT2D eigenvalue weighted by Crippen LogP contribution is 2.35. The van der Waals surface area contributed by atoms with Gasteiger partial charge in [0.2, 0.25) is 0 Å². The first-order valence-corrected chi connectivity index (χ1v) is 13.6. The molecule has 5 heteroatoms. The van der Waals surface area contributed by atoms with Crippen LogP contribution in [0.1, 0.15) is 24.0 Å². The van der Waals surface area contributed by atoms with E-state index in [1.807, 2.05) is 0 Å². The van der Waals surface area contributed by atoms with Crippen LogP contribution in [0.25, 0.3) is 45.0 Å². The van der Waals surface area contributed by atoms with E-state index in [-0.39, 0.29) is 0 Å². The van der Waals surface area contributed by atoms with E-state index >= 15 is 0 Å². The Morgan fingerprint density at radius 2 is 1.71 bits per heavy atom. The van der Waals surface area contributed by atoms with Crippen molar-refractivity contribution >= 4 is 62.4 Å². The number of rotatable bonds is 7. The van der Waals surface area contributed by atoms with Gasteiger partial charge in [0, 0.05) is 34.3 Å². The van der Waals surface area contributed by atoms with E-state index in [0.717, 1.165) is 51.8 Å². The monoisotopic (exact) mass is 478 g/mol. The van der Waals surface area contributed by atoms with Crippen molar-refractivity contribution in [3.63, 3.8) is 0 Å². The second-order valence-corrected chi connectivity index (χ2v) is 10.1. The lowest BCUT2D eigenvalue weighted by molar-refractivity contribution is 0.353. The molecule has 6 rings (SSSR count). The average molecular weight is 479 g/mol. The van der Waals surface area contributed by atoms with Gasteiger partial charge in [-0.1, -0.05) is 54.6 Å². The molecule has 2 N–H and O–H groups in total. The third-order valence-corrected chi connectivity index (χ3v) is 7.71. The third-order valence-electron chi connectivity index (χ3n) is 6.96. The van der Waals surface area contributed by atoms with Crippen molar-refractivity contribution in [2.45, 2.75) is 17.7 Å². The van der Waals surface area contributed by atoms with Crippen molar-refractivity contribution in [1.82, 2.24) is 14.9 Å². The Morgan fingerprint density at radius 3 is 2.54 bits per heavy atom. The van der Waals surface area contributed by atoms with E-state index in [0.29, 0.717) is 0 Å². The highest BCUT2D eigenvalue weighted by atomic mass is 32.2. The second-order valence-electron chi connectivity index (χ2n) is 9.24. The molecule has 35 heavy (non-hydrogen) atoms. The summed E-state index contributed by atoms with van der Waals surface area (Å²) < 4.78 is 0. The number of pyridine rings is 1. The molecule has 0 unspecified atom stereocenters. The number of thioether (sulfide) groups is 1. The van der Waals surface area contributed by atoms with Crippen LogP contribution in [0.4, 0.5) is 5.69 Å². The molecule has 1 aliphatic rings. The zero-order valence-electron chi connectivity index (χ0n) is 20.1. The molecule has 0 amide bonds. The van der Waals surface area contributed by atoms with Crippen LogP contribution in [-0.4, -0.2) is 47.3 Å². The molecule has 0 saturated carbocycles. The van der Waals surface area contributed by atoms with Gasteiger partial charge in [-0.05, 0) is 67.6 Å². The number of nitrogens with one attached hydrogen (secondary N) is 2. The van der Waals surface area contributed by atoms with E-state index in [1.165, 1.54) is 41.8 Å². The normalized spacial score (nSPS) is 14.7. The summed E-state index contributed by atoms with van der Waals surface area (Å²) in [7, 11) is 0. The van der Waals surface area contributed by atoms with E-state index in [9.17, 15) is 0 Å². The van der Waals surface area contributed by atoms with Crippen LogP contribution in [0.5, 0.6) is 0 Å². The molecule has 0 spiro atoms. The van der Waals surface area contributed by atoms with Gasteiger partial charge in [-0.2, -0.15) is 0 Å². The summed E-state index contributed by atoms with van der Waals surface area (Å²) in [6, 6.07) is 23.7. The number of aromatic nitrogens is 2. The Labute approximate surface area is 210 Å². The van der Waals surface area contributed by atoms with Crippen LogP contribution in [0.15, 0.2) is 71.6 Å². The zero-order valence-corrected chi connectivity index (χ0v) is 20.9. The molecule has 0 radical (unpaired) electrons. The van der Waals surface area contributed by atoms with Crippen molar-refractivity contribution in [2.75, 3.05) is 37.8 Å². The minimum atomic E-state index is 0.928. The number of likely N-dealkylation sites (tertiary alicyclic amines) is 1. The quantitative estimate of drug-likeness (QED) is 0.191. The zero-order chi connectivity index (χ0) is 23.6. The summed E-state index contributed by atoms with van der Waals surface area (Å²) in [5.74, 6) is 0. The summed E-state index contributed by atoms with van der Waals surface area (Å²) in [5, 5.41) is 6.10. The van der Waals surface area contributed by atoms with Gasteiger partial charge in [-0.3, -0.25) is 0 Å². The highest BCUT2D eigenvalue weighted by Gasteiger charge is 2.15. The van der Waals surface area contributed by atoms with Gasteiger partial charge in [-0.25, -0.2) is 4.98 Å². The van der Waals surface area contributed by atoms with Crippen LogP contribution < -0.4 is 5.32 Å². The number of hydrogen-bond donors (Lipinski definition) is 2. The average Bonchev–Trinajstić information content (AvgIpc) is 3.55. The number of para-hydroxylation sites is 1. The molecule has 176 valence electrons. The summed E-state index contributed by atoms with van der Waals surface area (Å²) in [5.41, 5.74) is 7.78. The summed E-state index contributed by atoms with van der Waals surface area (Å²) in [4.78, 5) is 12.6. The minimum Gasteiger partial charge on any atom is -0.381 e. The van der Waals surface area contributed by atoms with Crippen LogP contribution in [0, 0.1) is 0 Å². The van der Waals surface area contributed by atoms with Crippen molar-refractivity contribution in [1.29, 1.82) is 0 Å². The Morgan fingerprint density at radius 1 is 0.943 bits per heavy atom. The first-order valence-electron chi connectivity index (χ1n) is 12.4. The molecule has 2 aromatic heterocycles. The van der Waals surface area contributed by atoms with Gasteiger partial charge >= 0.3 is 0 Å². The lowest BCUT2D eigenvalue weighted by Crippen LogP contribution is -2.26. The lowest BCUT2D eigenvalue weighted by Gasteiger charge is -2.17. The molecule has 0 bridgehead atoms. The molecule has 1 aliphatic heterocycles. The van der Waals surface area contributed by atoms with E-state index in [4.69, 9.17) is 4.98 Å². The molecule has 3 aromatic carbocycles. The maximum Gasteiger partial charge on any atom is 0.0986 e. The topological polar surface area (TPSA) is 44.0 Å². The van der Waals surface area contributed by atoms with Gasteiger partial charge in [0.25, 0.3) is 0 Å². The number of anilines is 1. The van der Waals surface area contributed by atoms with Crippen molar-refractivity contribution < 1.29 is 0 Å². The Kier molecular flexibility index (Phi) is 6.19. The number of hydrogen-bond acceptors (Lipinski definition) is 4. The fourth-order valence-corrected chi connectivity index (χ4v) is 5.48. The van der Waals surface area contributed by atoms with Crippen LogP contribution in [0.3, 0.4) is 0 Å². The predicted octanol–water partition coefficient (Wildman–Crippen LogP) is 7.27. The van der Waals surface area contributed by atoms with Gasteiger partial charge in [0.15, 0.2) is 0 Å². The largest absolute Gasteiger partial charge is 0.381 e. The second kappa shape index (κ2) is 9.76. The maximum absolute atomic E-state index is 5.13. The van der Waals surface area contributed by atoms with Crippen molar-refractivity contribution in [3.8, 4) is 0 Å². The summed E-state index contributed by atoms with van der Waals surface area (Å²) >= 11 is 1.77. The third kappa shape index (κ3) is 4.54. The molecule has 1 saturated heterocycles. The summed E-state index contributed by atoms with van der Waals surface area (Å²) in [6.07, 6.45) is 9.10. The Balaban J connectivity index is 1.38. The maximum atomic E-state index is 5.13. The van der Waals surface area contributed by atoms with E-state index in [2.05, 4.69) is 100 Å². The fraction of sp³-hybridized carbons (Fsp3) is 0.233. The fourth-order valence-electron chi connectivity index (χ4n) is 5.07.